The number of aliphatic hydroxyl groups excluding tert-OH is 1. The molecule has 0 radical (unpaired) electrons. The number of amides is 1. The molecular weight excluding hydrogens is 290 g/mol. The lowest BCUT2D eigenvalue weighted by Crippen LogP contribution is -2.33. The number of likely N-dealkylation sites (tertiary alicyclic amines) is 1. The van der Waals surface area contributed by atoms with E-state index < -0.39 is 5.60 Å². The van der Waals surface area contributed by atoms with Gasteiger partial charge in [-0.1, -0.05) is 23.4 Å². The maximum absolute atomic E-state index is 12.3. The average molecular weight is 308 g/mol. The second-order valence-electron chi connectivity index (χ2n) is 5.44. The Morgan fingerprint density at radius 2 is 2.29 bits per heavy atom. The van der Waals surface area contributed by atoms with Crippen LogP contribution in [0.15, 0.2) is 18.2 Å². The Bertz CT molecular complexity index is 601. The van der Waals surface area contributed by atoms with Crippen molar-refractivity contribution in [2.45, 2.75) is 25.4 Å². The predicted molar refractivity (Wildman–Crippen MR) is 81.2 cm³/mol. The predicted octanol–water partition coefficient (Wildman–Crippen LogP) is 1.67. The first-order valence-corrected chi connectivity index (χ1v) is 7.22. The fourth-order valence-electron chi connectivity index (χ4n) is 2.26. The average Bonchev–Trinajstić information content (AvgIpc) is 2.80. The molecule has 4 nitrogen and oxygen atoms in total. The van der Waals surface area contributed by atoms with Crippen molar-refractivity contribution in [1.29, 1.82) is 0 Å². The minimum absolute atomic E-state index is 0.01000. The molecule has 1 aromatic rings. The van der Waals surface area contributed by atoms with Crippen molar-refractivity contribution in [3.63, 3.8) is 0 Å². The number of carbonyl (C=O) groups is 1. The number of aliphatic hydroxyl groups is 2. The van der Waals surface area contributed by atoms with Gasteiger partial charge in [-0.25, -0.2) is 0 Å². The summed E-state index contributed by atoms with van der Waals surface area (Å²) in [6.45, 7) is 2.62. The van der Waals surface area contributed by atoms with Gasteiger partial charge >= 0.3 is 0 Å². The van der Waals surface area contributed by atoms with Gasteiger partial charge in [-0.15, -0.1) is 0 Å². The summed E-state index contributed by atoms with van der Waals surface area (Å²) in [5, 5.41) is 19.0. The highest BCUT2D eigenvalue weighted by molar-refractivity contribution is 6.32. The number of benzene rings is 1. The van der Waals surface area contributed by atoms with Crippen LogP contribution in [-0.2, 0) is 0 Å². The highest BCUT2D eigenvalue weighted by Crippen LogP contribution is 2.24. The zero-order valence-electron chi connectivity index (χ0n) is 11.9. The van der Waals surface area contributed by atoms with Gasteiger partial charge in [0.05, 0.1) is 17.2 Å². The Morgan fingerprint density at radius 3 is 2.86 bits per heavy atom. The van der Waals surface area contributed by atoms with Crippen molar-refractivity contribution in [3.8, 4) is 11.8 Å². The van der Waals surface area contributed by atoms with E-state index >= 15 is 0 Å². The van der Waals surface area contributed by atoms with E-state index in [0.29, 0.717) is 42.1 Å². The molecule has 1 amide bonds. The zero-order chi connectivity index (χ0) is 15.5. The Hall–Kier alpha value is -1.54. The van der Waals surface area contributed by atoms with Gasteiger partial charge in [0.2, 0.25) is 0 Å². The van der Waals surface area contributed by atoms with E-state index in [-0.39, 0.29) is 12.5 Å². The summed E-state index contributed by atoms with van der Waals surface area (Å²) in [5.41, 5.74) is 0.315. The highest BCUT2D eigenvalue weighted by Gasteiger charge is 2.34. The van der Waals surface area contributed by atoms with Crippen LogP contribution in [0.3, 0.4) is 0 Å². The third-order valence-corrected chi connectivity index (χ3v) is 3.73. The van der Waals surface area contributed by atoms with Gasteiger partial charge in [0.25, 0.3) is 5.91 Å². The maximum Gasteiger partial charge on any atom is 0.254 e. The summed E-state index contributed by atoms with van der Waals surface area (Å²) >= 11 is 6.13. The second kappa shape index (κ2) is 6.48. The quantitative estimate of drug-likeness (QED) is 0.817. The van der Waals surface area contributed by atoms with Gasteiger partial charge in [0.1, 0.15) is 0 Å². The number of β-amino-alcohol motifs (C(OH)–C–C–N with tert-alkyl or cyclic N) is 1. The number of nitrogens with zero attached hydrogens (tertiary/aromatic N) is 1. The Labute approximate surface area is 129 Å². The van der Waals surface area contributed by atoms with Crippen molar-refractivity contribution in [3.05, 3.63) is 34.3 Å². The normalized spacial score (nSPS) is 21.0. The molecule has 1 aliphatic rings. The van der Waals surface area contributed by atoms with Crippen LogP contribution in [0.1, 0.15) is 35.7 Å². The molecule has 1 atom stereocenters. The zero-order valence-corrected chi connectivity index (χ0v) is 12.7. The van der Waals surface area contributed by atoms with Gasteiger partial charge < -0.3 is 15.1 Å². The van der Waals surface area contributed by atoms with Crippen molar-refractivity contribution >= 4 is 17.5 Å². The van der Waals surface area contributed by atoms with Crippen LogP contribution in [0.4, 0.5) is 0 Å². The van der Waals surface area contributed by atoms with E-state index in [2.05, 4.69) is 11.8 Å². The van der Waals surface area contributed by atoms with Crippen LogP contribution in [0.25, 0.3) is 0 Å². The molecule has 112 valence electrons. The molecule has 5 heteroatoms. The third-order valence-electron chi connectivity index (χ3n) is 3.41. The molecule has 0 aromatic heterocycles. The molecule has 0 aliphatic carbocycles. The summed E-state index contributed by atoms with van der Waals surface area (Å²) in [5.74, 6) is 5.51. The van der Waals surface area contributed by atoms with Crippen molar-refractivity contribution in [1.82, 2.24) is 4.90 Å². The number of rotatable bonds is 2. The summed E-state index contributed by atoms with van der Waals surface area (Å²) in [7, 11) is 0. The monoisotopic (exact) mass is 307 g/mol. The molecule has 1 aromatic carbocycles. The Kier molecular flexibility index (Phi) is 4.89. The SMILES string of the molecule is CC1(O)CCN(C(=O)c2ccc(C#CCCO)c(Cl)c2)C1. The van der Waals surface area contributed by atoms with Gasteiger partial charge in [0.15, 0.2) is 0 Å². The highest BCUT2D eigenvalue weighted by atomic mass is 35.5. The topological polar surface area (TPSA) is 60.8 Å². The van der Waals surface area contributed by atoms with Gasteiger partial charge in [-0.05, 0) is 31.5 Å². The number of hydrogen-bond donors (Lipinski definition) is 2. The fourth-order valence-corrected chi connectivity index (χ4v) is 2.49. The molecule has 1 saturated heterocycles. The summed E-state index contributed by atoms with van der Waals surface area (Å²) < 4.78 is 0. The molecule has 2 rings (SSSR count). The van der Waals surface area contributed by atoms with Crippen LogP contribution in [0, 0.1) is 11.8 Å². The first kappa shape index (κ1) is 15.8. The van der Waals surface area contributed by atoms with Crippen molar-refractivity contribution in [2.24, 2.45) is 0 Å². The molecule has 0 saturated carbocycles. The van der Waals surface area contributed by atoms with E-state index in [1.807, 2.05) is 0 Å². The molecule has 1 fully saturated rings. The number of carbonyl (C=O) groups excluding carboxylic acids is 1. The molecular formula is C16H18ClNO3. The van der Waals surface area contributed by atoms with E-state index in [1.54, 1.807) is 30.0 Å². The molecule has 0 bridgehead atoms. The van der Waals surface area contributed by atoms with E-state index in [0.717, 1.165) is 0 Å². The van der Waals surface area contributed by atoms with Crippen molar-refractivity contribution in [2.75, 3.05) is 19.7 Å². The second-order valence-corrected chi connectivity index (χ2v) is 5.85. The van der Waals surface area contributed by atoms with Gasteiger partial charge in [0, 0.05) is 30.6 Å². The maximum atomic E-state index is 12.3. The molecule has 21 heavy (non-hydrogen) atoms. The Balaban J connectivity index is 2.13. The fraction of sp³-hybridized carbons (Fsp3) is 0.438. The molecule has 2 N–H and O–H groups in total. The minimum Gasteiger partial charge on any atom is -0.395 e. The minimum atomic E-state index is -0.810. The first-order chi connectivity index (χ1) is 9.93. The first-order valence-electron chi connectivity index (χ1n) is 6.84. The smallest absolute Gasteiger partial charge is 0.254 e. The summed E-state index contributed by atoms with van der Waals surface area (Å²) in [4.78, 5) is 14.0. The van der Waals surface area contributed by atoms with E-state index in [1.165, 1.54) is 0 Å². The summed E-state index contributed by atoms with van der Waals surface area (Å²) in [6, 6.07) is 4.98. The van der Waals surface area contributed by atoms with E-state index in [4.69, 9.17) is 16.7 Å². The van der Waals surface area contributed by atoms with Crippen LogP contribution < -0.4 is 0 Å². The van der Waals surface area contributed by atoms with Crippen LogP contribution in [0.2, 0.25) is 5.02 Å². The van der Waals surface area contributed by atoms with Crippen LogP contribution in [-0.4, -0.2) is 46.3 Å². The molecule has 1 unspecified atom stereocenters. The van der Waals surface area contributed by atoms with Gasteiger partial charge in [-0.3, -0.25) is 4.79 Å². The van der Waals surface area contributed by atoms with Crippen molar-refractivity contribution < 1.29 is 15.0 Å². The number of halogens is 1. The van der Waals surface area contributed by atoms with Crippen LogP contribution >= 0.6 is 11.6 Å². The Morgan fingerprint density at radius 1 is 1.52 bits per heavy atom. The van der Waals surface area contributed by atoms with E-state index in [9.17, 15) is 9.90 Å². The van der Waals surface area contributed by atoms with Gasteiger partial charge in [-0.2, -0.15) is 0 Å². The largest absolute Gasteiger partial charge is 0.395 e. The lowest BCUT2D eigenvalue weighted by molar-refractivity contribution is 0.0572. The van der Waals surface area contributed by atoms with Crippen LogP contribution in [0.5, 0.6) is 0 Å². The standard InChI is InChI=1S/C16H18ClNO3/c1-16(21)7-8-18(11-16)15(20)13-6-5-12(14(17)10-13)4-2-3-9-19/h5-6,10,19,21H,3,7-9,11H2,1H3. The molecule has 1 aliphatic heterocycles. The molecule has 1 heterocycles. The lowest BCUT2D eigenvalue weighted by atomic mass is 10.1. The third kappa shape index (κ3) is 3.98. The lowest BCUT2D eigenvalue weighted by Gasteiger charge is -2.19. The molecule has 0 spiro atoms. The number of hydrogen-bond acceptors (Lipinski definition) is 3. The summed E-state index contributed by atoms with van der Waals surface area (Å²) in [6.07, 6.45) is 0.969.